The van der Waals surface area contributed by atoms with Crippen LogP contribution in [0, 0.1) is 11.3 Å². The average molecular weight is 709 g/mol. The van der Waals surface area contributed by atoms with Crippen molar-refractivity contribution in [1.82, 2.24) is 23.7 Å². The fourth-order valence-electron chi connectivity index (χ4n) is 8.29. The van der Waals surface area contributed by atoms with Crippen LogP contribution in [-0.2, 0) is 0 Å². The molecule has 5 aromatic heterocycles. The van der Waals surface area contributed by atoms with Gasteiger partial charge in [0.2, 0.25) is 0 Å². The Balaban J connectivity index is 1.34. The van der Waals surface area contributed by atoms with Crippen LogP contribution in [0.15, 0.2) is 180 Å². The molecule has 0 aliphatic rings. The van der Waals surface area contributed by atoms with E-state index in [1.807, 2.05) is 48.8 Å². The van der Waals surface area contributed by atoms with Gasteiger partial charge in [-0.15, -0.1) is 0 Å². The Bertz CT molecular complexity index is 3230. The van der Waals surface area contributed by atoms with Crippen molar-refractivity contribution in [2.75, 3.05) is 0 Å². The van der Waals surface area contributed by atoms with E-state index in [1.165, 1.54) is 16.2 Å². The zero-order chi connectivity index (χ0) is 35.8. The van der Waals surface area contributed by atoms with Crippen LogP contribution in [0.25, 0.3) is 82.7 Å². The van der Waals surface area contributed by atoms with Crippen molar-refractivity contribution in [3.05, 3.63) is 176 Å². The van der Waals surface area contributed by atoms with Crippen molar-refractivity contribution in [3.63, 3.8) is 0 Å². The smallest absolute Gasteiger partial charge is 0.137 e. The Hall–Kier alpha value is -7.14. The van der Waals surface area contributed by atoms with Crippen molar-refractivity contribution in [3.8, 4) is 23.4 Å². The second kappa shape index (κ2) is 12.0. The molecule has 54 heavy (non-hydrogen) atoms. The van der Waals surface area contributed by atoms with Gasteiger partial charge in [-0.1, -0.05) is 84.6 Å². The number of nitrogens with zero attached hydrogens (tertiary/aromatic N) is 6. The molecule has 0 atom stereocenters. The molecule has 6 aromatic carbocycles. The van der Waals surface area contributed by atoms with Crippen molar-refractivity contribution in [2.45, 2.75) is 9.79 Å². The molecule has 6 nitrogen and oxygen atoms in total. The molecular weight excluding hydrogens is 681 g/mol. The molecule has 0 bridgehead atoms. The van der Waals surface area contributed by atoms with Gasteiger partial charge in [0.05, 0.1) is 44.7 Å². The van der Waals surface area contributed by atoms with Crippen LogP contribution in [0.4, 0.5) is 0 Å². The van der Waals surface area contributed by atoms with E-state index in [9.17, 15) is 5.26 Å². The van der Waals surface area contributed by atoms with Crippen molar-refractivity contribution < 1.29 is 0 Å². The molecule has 0 saturated heterocycles. The molecule has 0 N–H and O–H groups in total. The summed E-state index contributed by atoms with van der Waals surface area (Å²) in [5.74, 6) is 1.73. The molecule has 0 fully saturated rings. The molecule has 7 heteroatoms. The van der Waals surface area contributed by atoms with E-state index in [0.717, 1.165) is 76.4 Å². The van der Waals surface area contributed by atoms with Gasteiger partial charge in [0.1, 0.15) is 11.6 Å². The van der Waals surface area contributed by atoms with Crippen molar-refractivity contribution >= 4 is 77.2 Å². The minimum atomic E-state index is 0.658. The summed E-state index contributed by atoms with van der Waals surface area (Å²) in [5, 5.41) is 16.5. The first-order chi connectivity index (χ1) is 26.8. The molecule has 0 spiro atoms. The van der Waals surface area contributed by atoms with Crippen molar-refractivity contribution in [1.29, 1.82) is 5.26 Å². The first-order valence-corrected chi connectivity index (χ1v) is 18.6. The number of benzene rings is 6. The summed E-state index contributed by atoms with van der Waals surface area (Å²) in [4.78, 5) is 12.0. The fraction of sp³-hybridized carbons (Fsp3) is 0. The van der Waals surface area contributed by atoms with Gasteiger partial charge in [0.15, 0.2) is 0 Å². The highest BCUT2D eigenvalue weighted by atomic mass is 32.2. The first-order valence-electron chi connectivity index (χ1n) is 17.8. The molecule has 0 unspecified atom stereocenters. The zero-order valence-corrected chi connectivity index (χ0v) is 29.6. The Kier molecular flexibility index (Phi) is 6.75. The van der Waals surface area contributed by atoms with E-state index in [-0.39, 0.29) is 0 Å². The molecule has 0 aliphatic heterocycles. The zero-order valence-electron chi connectivity index (χ0n) is 28.8. The van der Waals surface area contributed by atoms with Gasteiger partial charge in [-0.05, 0) is 84.9 Å². The second-order valence-corrected chi connectivity index (χ2v) is 14.5. The number of hydrogen-bond donors (Lipinski definition) is 0. The van der Waals surface area contributed by atoms with Gasteiger partial charge in [0, 0.05) is 60.2 Å². The first kappa shape index (κ1) is 30.5. The van der Waals surface area contributed by atoms with Crippen LogP contribution >= 0.6 is 11.8 Å². The average Bonchev–Trinajstić information content (AvgIpc) is 3.88. The summed E-state index contributed by atoms with van der Waals surface area (Å²) in [5.41, 5.74) is 8.38. The summed E-state index contributed by atoms with van der Waals surface area (Å²) < 4.78 is 7.13. The lowest BCUT2D eigenvalue weighted by Gasteiger charge is -2.13. The topological polar surface area (TPSA) is 64.4 Å². The van der Waals surface area contributed by atoms with Gasteiger partial charge in [-0.3, -0.25) is 9.13 Å². The lowest BCUT2D eigenvalue weighted by atomic mass is 10.0. The number of aromatic nitrogens is 5. The van der Waals surface area contributed by atoms with Crippen LogP contribution in [0.2, 0.25) is 0 Å². The monoisotopic (exact) mass is 708 g/mol. The number of pyridine rings is 2. The summed E-state index contributed by atoms with van der Waals surface area (Å²) in [6.07, 6.45) is 3.74. The van der Waals surface area contributed by atoms with Gasteiger partial charge < -0.3 is 4.57 Å². The van der Waals surface area contributed by atoms with Gasteiger partial charge in [-0.25, -0.2) is 9.97 Å². The number of para-hydroxylation sites is 3. The highest BCUT2D eigenvalue weighted by Gasteiger charge is 2.29. The summed E-state index contributed by atoms with van der Waals surface area (Å²) in [7, 11) is 0. The molecule has 5 heterocycles. The second-order valence-electron chi connectivity index (χ2n) is 13.3. The highest BCUT2D eigenvalue weighted by molar-refractivity contribution is 7.99. The molecule has 252 valence electrons. The Morgan fingerprint density at radius 3 is 1.43 bits per heavy atom. The number of rotatable bonds is 5. The third-order valence-electron chi connectivity index (χ3n) is 10.4. The number of fused-ring (bicyclic) bond motifs is 12. The van der Waals surface area contributed by atoms with Gasteiger partial charge in [-0.2, -0.15) is 5.26 Å². The maximum atomic E-state index is 9.47. The van der Waals surface area contributed by atoms with Crippen LogP contribution in [-0.4, -0.2) is 23.7 Å². The third-order valence-corrected chi connectivity index (χ3v) is 11.4. The molecule has 0 saturated carbocycles. The fourth-order valence-corrected chi connectivity index (χ4v) is 9.17. The van der Waals surface area contributed by atoms with E-state index in [2.05, 4.69) is 141 Å². The van der Waals surface area contributed by atoms with E-state index in [4.69, 9.17) is 9.97 Å². The van der Waals surface area contributed by atoms with Crippen LogP contribution in [0.1, 0.15) is 5.56 Å². The third kappa shape index (κ3) is 4.41. The SMILES string of the molecule is N#Cc1cccc(Sc2ccc(-n3c4ccccc4c4c3c3c5ccccc5n(-c5ccccn5)c3c3c5ccccc5n(-c5ccccn5)c43)cc2)c1. The van der Waals surface area contributed by atoms with E-state index < -0.39 is 0 Å². The maximum Gasteiger partial charge on any atom is 0.137 e. The summed E-state index contributed by atoms with van der Waals surface area (Å²) in [6, 6.07) is 57.2. The van der Waals surface area contributed by atoms with E-state index in [0.29, 0.717) is 5.56 Å². The largest absolute Gasteiger partial charge is 0.308 e. The van der Waals surface area contributed by atoms with Crippen LogP contribution in [0.3, 0.4) is 0 Å². The highest BCUT2D eigenvalue weighted by Crippen LogP contribution is 2.50. The minimum absolute atomic E-state index is 0.658. The Morgan fingerprint density at radius 1 is 0.444 bits per heavy atom. The normalized spacial score (nSPS) is 11.8. The quantitative estimate of drug-likeness (QED) is 0.179. The predicted molar refractivity (Wildman–Crippen MR) is 220 cm³/mol. The Morgan fingerprint density at radius 2 is 0.926 bits per heavy atom. The summed E-state index contributed by atoms with van der Waals surface area (Å²) >= 11 is 1.66. The van der Waals surface area contributed by atoms with Gasteiger partial charge in [0.25, 0.3) is 0 Å². The van der Waals surface area contributed by atoms with Crippen LogP contribution < -0.4 is 0 Å². The lowest BCUT2D eigenvalue weighted by molar-refractivity contribution is 1.08. The number of nitriles is 1. The predicted octanol–water partition coefficient (Wildman–Crippen LogP) is 11.8. The van der Waals surface area contributed by atoms with Crippen LogP contribution in [0.5, 0.6) is 0 Å². The summed E-state index contributed by atoms with van der Waals surface area (Å²) in [6.45, 7) is 0. The molecular formula is C47H28N6S. The standard InChI is InChI=1S/C47H28N6S/c48-29-30-12-11-13-33(28-30)54-32-24-22-31(23-25-32)51-37-17-4-1-14-34(37)42-45(51)43-35-15-2-5-18-38(35)52(40-20-7-9-26-49-40)47(43)44-36-16-3-6-19-39(36)53(46(42)44)41-21-8-10-27-50-41/h1-28H. The molecule has 11 aromatic rings. The lowest BCUT2D eigenvalue weighted by Crippen LogP contribution is -1.99. The number of hydrogen-bond acceptors (Lipinski definition) is 4. The van der Waals surface area contributed by atoms with Crippen molar-refractivity contribution in [2.24, 2.45) is 0 Å². The molecule has 0 aliphatic carbocycles. The molecule has 0 amide bonds. The maximum absolute atomic E-state index is 9.47. The van der Waals surface area contributed by atoms with E-state index >= 15 is 0 Å². The van der Waals surface area contributed by atoms with E-state index in [1.54, 1.807) is 11.8 Å². The Labute approximate surface area is 313 Å². The minimum Gasteiger partial charge on any atom is -0.308 e. The molecule has 0 radical (unpaired) electrons. The van der Waals surface area contributed by atoms with Gasteiger partial charge >= 0.3 is 0 Å². The molecule has 11 rings (SSSR count).